The molecular formula is C13H21N3O5. The van der Waals surface area contributed by atoms with Gasteiger partial charge in [0.1, 0.15) is 24.1 Å². The van der Waals surface area contributed by atoms with E-state index in [4.69, 9.17) is 15.2 Å². The molecule has 21 heavy (non-hydrogen) atoms. The molecule has 0 unspecified atom stereocenters. The molecule has 1 aliphatic rings. The summed E-state index contributed by atoms with van der Waals surface area (Å²) < 4.78 is 12.4. The Morgan fingerprint density at radius 2 is 2.29 bits per heavy atom. The predicted octanol–water partition coefficient (Wildman–Crippen LogP) is -0.820. The number of aryl methyl sites for hydroxylation is 1. The van der Waals surface area contributed by atoms with Crippen molar-refractivity contribution in [1.29, 1.82) is 0 Å². The van der Waals surface area contributed by atoms with Crippen LogP contribution in [0.1, 0.15) is 25.1 Å². The van der Waals surface area contributed by atoms with E-state index in [1.807, 2.05) is 6.92 Å². The number of rotatable bonds is 5. The molecule has 2 heterocycles. The van der Waals surface area contributed by atoms with Crippen LogP contribution in [0.25, 0.3) is 0 Å². The normalized spacial score (nSPS) is 29.0. The fraction of sp³-hybridized carbons (Fsp3) is 0.692. The van der Waals surface area contributed by atoms with Gasteiger partial charge in [0.15, 0.2) is 6.23 Å². The zero-order valence-electron chi connectivity index (χ0n) is 12.1. The van der Waals surface area contributed by atoms with Crippen LogP contribution >= 0.6 is 0 Å². The number of aliphatic hydroxyl groups is 2. The van der Waals surface area contributed by atoms with E-state index >= 15 is 0 Å². The SMILES string of the molecule is CCCO[C@@H]1[C@H](O)[C@@H](CO)O[C@H]1n1cc(C)c(N)nc1=O. The molecule has 118 valence electrons. The summed E-state index contributed by atoms with van der Waals surface area (Å²) in [6, 6.07) is 0. The maximum Gasteiger partial charge on any atom is 0.351 e. The van der Waals surface area contributed by atoms with Gasteiger partial charge in [-0.3, -0.25) is 4.57 Å². The van der Waals surface area contributed by atoms with Crippen molar-refractivity contribution in [3.63, 3.8) is 0 Å². The standard InChI is InChI=1S/C13H21N3O5/c1-3-4-20-10-9(18)8(6-17)21-12(10)16-5-7(2)11(14)15-13(16)19/h5,8-10,12,17-18H,3-4,6H2,1-2H3,(H2,14,15,19)/t8-,9-,10-,12-/m1/s1. The van der Waals surface area contributed by atoms with Crippen LogP contribution in [-0.2, 0) is 9.47 Å². The van der Waals surface area contributed by atoms with Crippen LogP contribution in [0.4, 0.5) is 5.82 Å². The summed E-state index contributed by atoms with van der Waals surface area (Å²) >= 11 is 0. The Kier molecular flexibility index (Phi) is 4.94. The third-order valence-corrected chi connectivity index (χ3v) is 3.46. The fourth-order valence-corrected chi connectivity index (χ4v) is 2.29. The molecule has 0 aromatic carbocycles. The lowest BCUT2D eigenvalue weighted by Crippen LogP contribution is -2.38. The molecule has 1 aromatic heterocycles. The van der Waals surface area contributed by atoms with Gasteiger partial charge in [-0.1, -0.05) is 6.92 Å². The number of aliphatic hydroxyl groups excluding tert-OH is 2. The van der Waals surface area contributed by atoms with Crippen molar-refractivity contribution in [2.24, 2.45) is 0 Å². The van der Waals surface area contributed by atoms with Gasteiger partial charge < -0.3 is 25.4 Å². The van der Waals surface area contributed by atoms with Gasteiger partial charge in [0.2, 0.25) is 0 Å². The first-order valence-electron chi connectivity index (χ1n) is 6.90. The van der Waals surface area contributed by atoms with E-state index in [2.05, 4.69) is 4.98 Å². The number of hydrogen-bond donors (Lipinski definition) is 3. The van der Waals surface area contributed by atoms with Gasteiger partial charge in [0.05, 0.1) is 6.61 Å². The first-order chi connectivity index (χ1) is 9.99. The Balaban J connectivity index is 2.35. The Morgan fingerprint density at radius 1 is 1.57 bits per heavy atom. The van der Waals surface area contributed by atoms with Gasteiger partial charge in [0, 0.05) is 18.4 Å². The molecule has 4 atom stereocenters. The Morgan fingerprint density at radius 3 is 2.90 bits per heavy atom. The van der Waals surface area contributed by atoms with Crippen molar-refractivity contribution in [3.8, 4) is 0 Å². The monoisotopic (exact) mass is 299 g/mol. The minimum atomic E-state index is -1.02. The van der Waals surface area contributed by atoms with Gasteiger partial charge in [-0.15, -0.1) is 0 Å². The molecule has 8 nitrogen and oxygen atoms in total. The van der Waals surface area contributed by atoms with E-state index in [1.165, 1.54) is 10.8 Å². The lowest BCUT2D eigenvalue weighted by atomic mass is 10.1. The summed E-state index contributed by atoms with van der Waals surface area (Å²) in [7, 11) is 0. The van der Waals surface area contributed by atoms with Crippen LogP contribution in [0.2, 0.25) is 0 Å². The van der Waals surface area contributed by atoms with E-state index in [-0.39, 0.29) is 12.4 Å². The largest absolute Gasteiger partial charge is 0.394 e. The van der Waals surface area contributed by atoms with Gasteiger partial charge in [-0.05, 0) is 13.3 Å². The molecule has 0 radical (unpaired) electrons. The second-order valence-corrected chi connectivity index (χ2v) is 5.07. The first-order valence-corrected chi connectivity index (χ1v) is 6.90. The van der Waals surface area contributed by atoms with Crippen molar-refractivity contribution in [3.05, 3.63) is 22.2 Å². The fourth-order valence-electron chi connectivity index (χ4n) is 2.29. The number of ether oxygens (including phenoxy) is 2. The quantitative estimate of drug-likeness (QED) is 0.649. The van der Waals surface area contributed by atoms with Gasteiger partial charge in [0.25, 0.3) is 0 Å². The molecule has 0 saturated carbocycles. The molecular weight excluding hydrogens is 278 g/mol. The number of aromatic nitrogens is 2. The summed E-state index contributed by atoms with van der Waals surface area (Å²) in [5.41, 5.74) is 5.63. The van der Waals surface area contributed by atoms with E-state index in [9.17, 15) is 15.0 Å². The summed E-state index contributed by atoms with van der Waals surface area (Å²) in [6.45, 7) is 3.70. The Hall–Kier alpha value is -1.48. The molecule has 0 bridgehead atoms. The molecule has 1 aliphatic heterocycles. The van der Waals surface area contributed by atoms with E-state index in [0.29, 0.717) is 12.2 Å². The number of nitrogens with two attached hydrogens (primary N) is 1. The smallest absolute Gasteiger partial charge is 0.351 e. The summed E-state index contributed by atoms with van der Waals surface area (Å²) in [4.78, 5) is 15.7. The van der Waals surface area contributed by atoms with Crippen molar-refractivity contribution >= 4 is 5.82 Å². The maximum absolute atomic E-state index is 12.0. The van der Waals surface area contributed by atoms with Crippen molar-refractivity contribution in [2.45, 2.75) is 44.8 Å². The summed E-state index contributed by atoms with van der Waals surface area (Å²) in [5.74, 6) is 0.152. The van der Waals surface area contributed by atoms with Crippen LogP contribution in [0.5, 0.6) is 0 Å². The van der Waals surface area contributed by atoms with Crippen molar-refractivity contribution < 1.29 is 19.7 Å². The van der Waals surface area contributed by atoms with Crippen LogP contribution in [-0.4, -0.2) is 51.3 Å². The third-order valence-electron chi connectivity index (χ3n) is 3.46. The second-order valence-electron chi connectivity index (χ2n) is 5.07. The zero-order valence-corrected chi connectivity index (χ0v) is 12.1. The molecule has 2 rings (SSSR count). The molecule has 1 aromatic rings. The lowest BCUT2D eigenvalue weighted by molar-refractivity contribution is -0.0741. The lowest BCUT2D eigenvalue weighted by Gasteiger charge is -2.22. The van der Waals surface area contributed by atoms with Gasteiger partial charge >= 0.3 is 5.69 Å². The summed E-state index contributed by atoms with van der Waals surface area (Å²) in [6.07, 6.45) is -1.14. The molecule has 0 aliphatic carbocycles. The summed E-state index contributed by atoms with van der Waals surface area (Å²) in [5, 5.41) is 19.4. The highest BCUT2D eigenvalue weighted by molar-refractivity contribution is 5.35. The molecule has 0 amide bonds. The minimum Gasteiger partial charge on any atom is -0.394 e. The van der Waals surface area contributed by atoms with Gasteiger partial charge in [-0.25, -0.2) is 4.79 Å². The van der Waals surface area contributed by atoms with Crippen LogP contribution < -0.4 is 11.4 Å². The molecule has 1 fully saturated rings. The first kappa shape index (κ1) is 15.9. The van der Waals surface area contributed by atoms with Crippen LogP contribution in [0.3, 0.4) is 0 Å². The maximum atomic E-state index is 12.0. The molecule has 4 N–H and O–H groups in total. The van der Waals surface area contributed by atoms with E-state index in [1.54, 1.807) is 6.92 Å². The molecule has 1 saturated heterocycles. The number of hydrogen-bond acceptors (Lipinski definition) is 7. The number of anilines is 1. The minimum absolute atomic E-state index is 0.152. The van der Waals surface area contributed by atoms with Crippen LogP contribution in [0, 0.1) is 6.92 Å². The molecule has 8 heteroatoms. The second kappa shape index (κ2) is 6.52. The highest BCUT2D eigenvalue weighted by Crippen LogP contribution is 2.31. The molecule has 0 spiro atoms. The Labute approximate surface area is 122 Å². The number of nitrogens with zero attached hydrogens (tertiary/aromatic N) is 2. The zero-order chi connectivity index (χ0) is 15.6. The predicted molar refractivity (Wildman–Crippen MR) is 74.7 cm³/mol. The third kappa shape index (κ3) is 3.08. The highest BCUT2D eigenvalue weighted by Gasteiger charge is 2.45. The van der Waals surface area contributed by atoms with Crippen LogP contribution in [0.15, 0.2) is 11.0 Å². The average Bonchev–Trinajstić information content (AvgIpc) is 2.77. The average molecular weight is 299 g/mol. The van der Waals surface area contributed by atoms with Gasteiger partial charge in [-0.2, -0.15) is 4.98 Å². The highest BCUT2D eigenvalue weighted by atomic mass is 16.6. The number of nitrogen functional groups attached to an aromatic ring is 1. The van der Waals surface area contributed by atoms with E-state index in [0.717, 1.165) is 6.42 Å². The van der Waals surface area contributed by atoms with Crippen molar-refractivity contribution in [2.75, 3.05) is 18.9 Å². The van der Waals surface area contributed by atoms with Crippen molar-refractivity contribution in [1.82, 2.24) is 9.55 Å². The van der Waals surface area contributed by atoms with E-state index < -0.39 is 30.2 Å². The Bertz CT molecular complexity index is 547. The topological polar surface area (TPSA) is 120 Å².